The smallest absolute Gasteiger partial charge is 0.335 e. The fourth-order valence-electron chi connectivity index (χ4n) is 2.33. The first kappa shape index (κ1) is 14.9. The van der Waals surface area contributed by atoms with Crippen LogP contribution in [0.25, 0.3) is 5.57 Å². The third-order valence-electron chi connectivity index (χ3n) is 3.44. The first-order valence-corrected chi connectivity index (χ1v) is 6.76. The molecule has 0 atom stereocenters. The summed E-state index contributed by atoms with van der Waals surface area (Å²) in [6.45, 7) is 3.66. The van der Waals surface area contributed by atoms with Crippen LogP contribution in [0.4, 0.5) is 0 Å². The molecule has 0 radical (unpaired) electrons. The second-order valence-electron chi connectivity index (χ2n) is 4.76. The van der Waals surface area contributed by atoms with Gasteiger partial charge in [0.2, 0.25) is 0 Å². The molecule has 0 amide bonds. The number of ether oxygens (including phenoxy) is 1. The van der Waals surface area contributed by atoms with Gasteiger partial charge in [0.15, 0.2) is 0 Å². The molecule has 0 heterocycles. The summed E-state index contributed by atoms with van der Waals surface area (Å²) >= 11 is 0. The van der Waals surface area contributed by atoms with Gasteiger partial charge in [-0.15, -0.1) is 0 Å². The van der Waals surface area contributed by atoms with E-state index in [9.17, 15) is 4.79 Å². The number of carbonyl (C=O) groups is 1. The molecule has 0 unspecified atom stereocenters. The van der Waals surface area contributed by atoms with E-state index >= 15 is 0 Å². The Hall–Kier alpha value is -2.55. The lowest BCUT2D eigenvalue weighted by molar-refractivity contribution is -0.130. The number of rotatable bonds is 6. The maximum Gasteiger partial charge on any atom is 0.335 e. The number of carboxylic acid groups (broad SMARTS) is 1. The van der Waals surface area contributed by atoms with Crippen LogP contribution in [-0.2, 0) is 17.6 Å². The van der Waals surface area contributed by atoms with Gasteiger partial charge >= 0.3 is 5.97 Å². The molecular formula is C18H18O3. The molecular weight excluding hydrogens is 264 g/mol. The first-order valence-electron chi connectivity index (χ1n) is 6.76. The average molecular weight is 282 g/mol. The zero-order valence-corrected chi connectivity index (χ0v) is 12.0. The van der Waals surface area contributed by atoms with Gasteiger partial charge < -0.3 is 9.84 Å². The lowest BCUT2D eigenvalue weighted by Gasteiger charge is -2.14. The predicted molar refractivity (Wildman–Crippen MR) is 83.5 cm³/mol. The Morgan fingerprint density at radius 2 is 1.81 bits per heavy atom. The molecule has 0 aromatic heterocycles. The highest BCUT2D eigenvalue weighted by Crippen LogP contribution is 2.28. The van der Waals surface area contributed by atoms with Crippen molar-refractivity contribution in [2.45, 2.75) is 12.8 Å². The van der Waals surface area contributed by atoms with E-state index in [2.05, 4.69) is 18.7 Å². The Labute approximate surface area is 124 Å². The molecule has 2 aromatic rings. The van der Waals surface area contributed by atoms with Crippen molar-refractivity contribution < 1.29 is 14.6 Å². The van der Waals surface area contributed by atoms with E-state index in [-0.39, 0.29) is 5.57 Å². The van der Waals surface area contributed by atoms with E-state index in [1.807, 2.05) is 24.3 Å². The van der Waals surface area contributed by atoms with Gasteiger partial charge in [-0.2, -0.15) is 0 Å². The van der Waals surface area contributed by atoms with Gasteiger partial charge in [-0.1, -0.05) is 49.0 Å². The maximum atomic E-state index is 11.2. The number of methoxy groups -OCH3 is 1. The lowest BCUT2D eigenvalue weighted by atomic mass is 9.95. The zero-order valence-electron chi connectivity index (χ0n) is 12.0. The largest absolute Gasteiger partial charge is 0.496 e. The van der Waals surface area contributed by atoms with Crippen molar-refractivity contribution in [3.8, 4) is 5.75 Å². The third-order valence-corrected chi connectivity index (χ3v) is 3.44. The monoisotopic (exact) mass is 282 g/mol. The van der Waals surface area contributed by atoms with Crippen molar-refractivity contribution in [1.29, 1.82) is 0 Å². The molecule has 0 saturated carbocycles. The summed E-state index contributed by atoms with van der Waals surface area (Å²) < 4.78 is 5.37. The van der Waals surface area contributed by atoms with Gasteiger partial charge in [0.25, 0.3) is 0 Å². The van der Waals surface area contributed by atoms with Crippen LogP contribution in [0.2, 0.25) is 0 Å². The number of hydrogen-bond donors (Lipinski definition) is 1. The molecule has 3 nitrogen and oxygen atoms in total. The van der Waals surface area contributed by atoms with Gasteiger partial charge in [-0.25, -0.2) is 4.79 Å². The van der Waals surface area contributed by atoms with E-state index in [0.29, 0.717) is 17.7 Å². The standard InChI is InChI=1S/C18H18O3/c1-13(18(19)20)15-9-6-10-17(21-2)16(15)12-11-14-7-4-3-5-8-14/h3-10H,1,11-12H2,2H3,(H,19,20). The summed E-state index contributed by atoms with van der Waals surface area (Å²) in [7, 11) is 1.59. The molecule has 0 aliphatic carbocycles. The van der Waals surface area contributed by atoms with Gasteiger partial charge in [-0.05, 0) is 30.0 Å². The van der Waals surface area contributed by atoms with Crippen molar-refractivity contribution in [2.24, 2.45) is 0 Å². The Morgan fingerprint density at radius 3 is 2.43 bits per heavy atom. The summed E-state index contributed by atoms with van der Waals surface area (Å²) in [5, 5.41) is 9.17. The Morgan fingerprint density at radius 1 is 1.10 bits per heavy atom. The van der Waals surface area contributed by atoms with Crippen LogP contribution in [0.3, 0.4) is 0 Å². The van der Waals surface area contributed by atoms with E-state index in [4.69, 9.17) is 9.84 Å². The number of benzene rings is 2. The quantitative estimate of drug-likeness (QED) is 0.824. The number of hydrogen-bond acceptors (Lipinski definition) is 2. The molecule has 0 bridgehead atoms. The molecule has 1 N–H and O–H groups in total. The van der Waals surface area contributed by atoms with Crippen LogP contribution in [0.5, 0.6) is 5.75 Å². The highest BCUT2D eigenvalue weighted by molar-refractivity contribution is 6.15. The number of carboxylic acids is 1. The van der Waals surface area contributed by atoms with Crippen LogP contribution in [-0.4, -0.2) is 18.2 Å². The SMILES string of the molecule is C=C(C(=O)O)c1cccc(OC)c1CCc1ccccc1. The molecule has 0 saturated heterocycles. The first-order chi connectivity index (χ1) is 10.1. The molecule has 0 fully saturated rings. The molecule has 2 rings (SSSR count). The van der Waals surface area contributed by atoms with Crippen LogP contribution in [0.15, 0.2) is 55.1 Å². The van der Waals surface area contributed by atoms with Crippen molar-refractivity contribution in [3.63, 3.8) is 0 Å². The second kappa shape index (κ2) is 6.75. The highest BCUT2D eigenvalue weighted by Gasteiger charge is 2.15. The van der Waals surface area contributed by atoms with Crippen LogP contribution in [0, 0.1) is 0 Å². The minimum Gasteiger partial charge on any atom is -0.496 e. The van der Waals surface area contributed by atoms with E-state index < -0.39 is 5.97 Å². The van der Waals surface area contributed by atoms with Crippen molar-refractivity contribution in [1.82, 2.24) is 0 Å². The molecule has 21 heavy (non-hydrogen) atoms. The van der Waals surface area contributed by atoms with Crippen LogP contribution in [0.1, 0.15) is 16.7 Å². The number of aryl methyl sites for hydroxylation is 1. The molecule has 0 aliphatic heterocycles. The molecule has 3 heteroatoms. The highest BCUT2D eigenvalue weighted by atomic mass is 16.5. The number of aliphatic carboxylic acids is 1. The maximum absolute atomic E-state index is 11.2. The molecule has 0 aliphatic rings. The fraction of sp³-hybridized carbons (Fsp3) is 0.167. The molecule has 0 spiro atoms. The van der Waals surface area contributed by atoms with Gasteiger partial charge in [0, 0.05) is 5.56 Å². The Bertz CT molecular complexity index is 645. The minimum atomic E-state index is -1.01. The van der Waals surface area contributed by atoms with Crippen LogP contribution >= 0.6 is 0 Å². The average Bonchev–Trinajstić information content (AvgIpc) is 2.52. The summed E-state index contributed by atoms with van der Waals surface area (Å²) in [4.78, 5) is 11.2. The predicted octanol–water partition coefficient (Wildman–Crippen LogP) is 3.58. The topological polar surface area (TPSA) is 46.5 Å². The van der Waals surface area contributed by atoms with E-state index in [0.717, 1.165) is 12.0 Å². The van der Waals surface area contributed by atoms with Crippen LogP contribution < -0.4 is 4.74 Å². The normalized spacial score (nSPS) is 10.1. The van der Waals surface area contributed by atoms with Gasteiger partial charge in [0.05, 0.1) is 12.7 Å². The summed E-state index contributed by atoms with van der Waals surface area (Å²) in [5.41, 5.74) is 2.82. The summed E-state index contributed by atoms with van der Waals surface area (Å²) in [5.74, 6) is -0.310. The Kier molecular flexibility index (Phi) is 4.77. The summed E-state index contributed by atoms with van der Waals surface area (Å²) in [6.07, 6.45) is 1.52. The van der Waals surface area contributed by atoms with Crippen molar-refractivity contribution in [3.05, 3.63) is 71.8 Å². The zero-order chi connectivity index (χ0) is 15.2. The molecule has 108 valence electrons. The van der Waals surface area contributed by atoms with E-state index in [1.54, 1.807) is 19.2 Å². The lowest BCUT2D eigenvalue weighted by Crippen LogP contribution is -2.05. The summed E-state index contributed by atoms with van der Waals surface area (Å²) in [6, 6.07) is 15.5. The third kappa shape index (κ3) is 3.51. The minimum absolute atomic E-state index is 0.0944. The van der Waals surface area contributed by atoms with Crippen molar-refractivity contribution >= 4 is 11.5 Å². The molecule has 2 aromatic carbocycles. The fourth-order valence-corrected chi connectivity index (χ4v) is 2.33. The Balaban J connectivity index is 2.31. The van der Waals surface area contributed by atoms with E-state index in [1.165, 1.54) is 5.56 Å². The van der Waals surface area contributed by atoms with Gasteiger partial charge in [0.1, 0.15) is 5.75 Å². The second-order valence-corrected chi connectivity index (χ2v) is 4.76. The van der Waals surface area contributed by atoms with Crippen molar-refractivity contribution in [2.75, 3.05) is 7.11 Å². The van der Waals surface area contributed by atoms with Gasteiger partial charge in [-0.3, -0.25) is 0 Å².